The van der Waals surface area contributed by atoms with Crippen molar-refractivity contribution in [1.82, 2.24) is 9.80 Å². The molecule has 0 N–H and O–H groups in total. The van der Waals surface area contributed by atoms with Gasteiger partial charge >= 0.3 is 5.97 Å². The third-order valence-corrected chi connectivity index (χ3v) is 6.07. The van der Waals surface area contributed by atoms with Crippen molar-refractivity contribution in [2.45, 2.75) is 26.2 Å². The second-order valence-corrected chi connectivity index (χ2v) is 8.28. The lowest BCUT2D eigenvalue weighted by atomic mass is 9.98. The molecule has 7 heteroatoms. The van der Waals surface area contributed by atoms with E-state index in [9.17, 15) is 14.4 Å². The van der Waals surface area contributed by atoms with Crippen molar-refractivity contribution < 1.29 is 23.5 Å². The van der Waals surface area contributed by atoms with Crippen LogP contribution in [0, 0.1) is 5.92 Å². The van der Waals surface area contributed by atoms with Crippen LogP contribution in [0.25, 0.3) is 21.7 Å². The van der Waals surface area contributed by atoms with E-state index < -0.39 is 0 Å². The molecule has 4 rings (SSSR count). The maximum atomic E-state index is 12.9. The molecule has 1 unspecified atom stereocenters. The number of likely N-dealkylation sites (tertiary alicyclic amines) is 1. The maximum Gasteiger partial charge on any atom is 0.310 e. The highest BCUT2D eigenvalue weighted by Crippen LogP contribution is 2.30. The van der Waals surface area contributed by atoms with Crippen molar-refractivity contribution >= 4 is 39.5 Å². The molecule has 3 aromatic rings. The van der Waals surface area contributed by atoms with Crippen LogP contribution in [-0.2, 0) is 25.5 Å². The van der Waals surface area contributed by atoms with Crippen molar-refractivity contribution in [3.8, 4) is 0 Å². The van der Waals surface area contributed by atoms with Crippen molar-refractivity contribution in [3.63, 3.8) is 0 Å². The Morgan fingerprint density at radius 2 is 2.00 bits per heavy atom. The van der Waals surface area contributed by atoms with Gasteiger partial charge in [-0.05, 0) is 36.6 Å². The number of hydrogen-bond donors (Lipinski definition) is 0. The lowest BCUT2D eigenvalue weighted by Crippen LogP contribution is -2.47. The fourth-order valence-corrected chi connectivity index (χ4v) is 4.35. The molecule has 0 aliphatic carbocycles. The van der Waals surface area contributed by atoms with E-state index in [0.29, 0.717) is 19.7 Å². The number of ether oxygens (including phenoxy) is 1. The fraction of sp³-hybridized carbons (Fsp3) is 0.400. The van der Waals surface area contributed by atoms with Crippen LogP contribution in [0.1, 0.15) is 25.3 Å². The van der Waals surface area contributed by atoms with Crippen LogP contribution in [0.5, 0.6) is 0 Å². The van der Waals surface area contributed by atoms with Gasteiger partial charge in [-0.15, -0.1) is 0 Å². The van der Waals surface area contributed by atoms with Crippen molar-refractivity contribution in [1.29, 1.82) is 0 Å². The number of fused-ring (bicyclic) bond motifs is 3. The number of benzene rings is 2. The molecule has 2 amide bonds. The van der Waals surface area contributed by atoms with Gasteiger partial charge in [0, 0.05) is 31.1 Å². The number of nitrogens with zero attached hydrogens (tertiary/aromatic N) is 2. The number of esters is 1. The first kappa shape index (κ1) is 21.9. The predicted molar refractivity (Wildman–Crippen MR) is 121 cm³/mol. The largest absolute Gasteiger partial charge is 0.466 e. The minimum absolute atomic E-state index is 0.0229. The third-order valence-electron chi connectivity index (χ3n) is 6.07. The second kappa shape index (κ2) is 9.42. The summed E-state index contributed by atoms with van der Waals surface area (Å²) >= 11 is 0. The number of carbonyl (C=O) groups is 3. The Morgan fingerprint density at radius 3 is 2.81 bits per heavy atom. The summed E-state index contributed by atoms with van der Waals surface area (Å²) in [6.45, 7) is 3.02. The van der Waals surface area contributed by atoms with Gasteiger partial charge in [0.15, 0.2) is 0 Å². The third kappa shape index (κ3) is 4.47. The molecule has 0 bridgehead atoms. The van der Waals surface area contributed by atoms with Gasteiger partial charge in [-0.1, -0.05) is 30.3 Å². The van der Waals surface area contributed by atoms with Crippen LogP contribution in [-0.4, -0.2) is 60.9 Å². The summed E-state index contributed by atoms with van der Waals surface area (Å²) in [7, 11) is 1.63. The van der Waals surface area contributed by atoms with E-state index >= 15 is 0 Å². The molecule has 0 radical (unpaired) electrons. The molecule has 0 saturated carbocycles. The number of piperidine rings is 1. The smallest absolute Gasteiger partial charge is 0.310 e. The first-order valence-corrected chi connectivity index (χ1v) is 11.0. The maximum absolute atomic E-state index is 12.9. The standard InChI is InChI=1S/C25H28N2O5/c1-3-31-25(30)18-8-6-12-27(14-18)23(29)15-26(2)22(28)13-19-16-32-21-11-10-17-7-4-5-9-20(17)24(19)21/h4-5,7,9-11,16,18H,3,6,8,12-15H2,1-2H3. The summed E-state index contributed by atoms with van der Waals surface area (Å²) < 4.78 is 10.8. The second-order valence-electron chi connectivity index (χ2n) is 8.28. The first-order chi connectivity index (χ1) is 15.5. The van der Waals surface area contributed by atoms with Gasteiger partial charge in [0.1, 0.15) is 5.58 Å². The van der Waals surface area contributed by atoms with Crippen LogP contribution >= 0.6 is 0 Å². The number of likely N-dealkylation sites (N-methyl/N-ethyl adjacent to an activating group) is 1. The molecule has 168 valence electrons. The van der Waals surface area contributed by atoms with Crippen molar-refractivity contribution in [2.75, 3.05) is 33.3 Å². The normalized spacial score (nSPS) is 16.3. The van der Waals surface area contributed by atoms with Crippen LogP contribution in [0.4, 0.5) is 0 Å². The topological polar surface area (TPSA) is 80.1 Å². The Labute approximate surface area is 186 Å². The van der Waals surface area contributed by atoms with Gasteiger partial charge in [-0.2, -0.15) is 0 Å². The van der Waals surface area contributed by atoms with Crippen molar-refractivity contribution in [2.24, 2.45) is 5.92 Å². The minimum atomic E-state index is -0.292. The summed E-state index contributed by atoms with van der Waals surface area (Å²) in [4.78, 5) is 40.8. The zero-order valence-electron chi connectivity index (χ0n) is 18.5. The zero-order chi connectivity index (χ0) is 22.7. The molecular formula is C25H28N2O5. The molecule has 1 fully saturated rings. The van der Waals surface area contributed by atoms with Gasteiger partial charge < -0.3 is 19.0 Å². The Morgan fingerprint density at radius 1 is 1.19 bits per heavy atom. The van der Waals surface area contributed by atoms with E-state index in [0.717, 1.165) is 40.1 Å². The van der Waals surface area contributed by atoms with Gasteiger partial charge in [0.2, 0.25) is 11.8 Å². The predicted octanol–water partition coefficient (Wildman–Crippen LogP) is 3.39. The molecule has 1 aliphatic rings. The highest BCUT2D eigenvalue weighted by molar-refractivity contribution is 6.08. The molecule has 32 heavy (non-hydrogen) atoms. The highest BCUT2D eigenvalue weighted by Gasteiger charge is 2.30. The summed E-state index contributed by atoms with van der Waals surface area (Å²) in [6.07, 6.45) is 3.25. The molecule has 2 heterocycles. The molecule has 0 spiro atoms. The average Bonchev–Trinajstić information content (AvgIpc) is 3.22. The monoisotopic (exact) mass is 436 g/mol. The molecule has 1 saturated heterocycles. The number of carbonyl (C=O) groups excluding carboxylic acids is 3. The van der Waals surface area contributed by atoms with E-state index in [1.54, 1.807) is 25.1 Å². The summed E-state index contributed by atoms with van der Waals surface area (Å²) in [5.74, 6) is -0.863. The zero-order valence-corrected chi connectivity index (χ0v) is 18.5. The van der Waals surface area contributed by atoms with Gasteiger partial charge in [0.25, 0.3) is 0 Å². The molecule has 1 atom stereocenters. The molecule has 1 aliphatic heterocycles. The Balaban J connectivity index is 1.42. The Bertz CT molecular complexity index is 1150. The van der Waals surface area contributed by atoms with E-state index in [2.05, 4.69) is 0 Å². The van der Waals surface area contributed by atoms with E-state index in [1.807, 2.05) is 36.4 Å². The molecule has 7 nitrogen and oxygen atoms in total. The quantitative estimate of drug-likeness (QED) is 0.554. The molecule has 2 aromatic carbocycles. The fourth-order valence-electron chi connectivity index (χ4n) is 4.35. The summed E-state index contributed by atoms with van der Waals surface area (Å²) in [6, 6.07) is 11.9. The Kier molecular flexibility index (Phi) is 6.44. The van der Waals surface area contributed by atoms with E-state index in [-0.39, 0.29) is 36.7 Å². The van der Waals surface area contributed by atoms with Crippen LogP contribution in [0.2, 0.25) is 0 Å². The Hall–Kier alpha value is -3.35. The van der Waals surface area contributed by atoms with E-state index in [1.165, 1.54) is 4.90 Å². The lowest BCUT2D eigenvalue weighted by Gasteiger charge is -2.32. The van der Waals surface area contributed by atoms with Crippen LogP contribution in [0.3, 0.4) is 0 Å². The first-order valence-electron chi connectivity index (χ1n) is 11.0. The van der Waals surface area contributed by atoms with Crippen LogP contribution < -0.4 is 0 Å². The lowest BCUT2D eigenvalue weighted by molar-refractivity contribution is -0.152. The van der Waals surface area contributed by atoms with Gasteiger partial charge in [0.05, 0.1) is 31.8 Å². The summed E-state index contributed by atoms with van der Waals surface area (Å²) in [5, 5.41) is 3.06. The SMILES string of the molecule is CCOC(=O)C1CCCN(C(=O)CN(C)C(=O)Cc2coc3ccc4ccccc4c23)C1. The number of hydrogen-bond acceptors (Lipinski definition) is 5. The van der Waals surface area contributed by atoms with Crippen molar-refractivity contribution in [3.05, 3.63) is 48.2 Å². The minimum Gasteiger partial charge on any atom is -0.466 e. The summed E-state index contributed by atoms with van der Waals surface area (Å²) in [5.41, 5.74) is 1.55. The highest BCUT2D eigenvalue weighted by atomic mass is 16.5. The van der Waals surface area contributed by atoms with Crippen LogP contribution in [0.15, 0.2) is 47.1 Å². The molecular weight excluding hydrogens is 408 g/mol. The van der Waals surface area contributed by atoms with E-state index in [4.69, 9.17) is 9.15 Å². The number of furan rings is 1. The molecule has 1 aromatic heterocycles. The number of amides is 2. The average molecular weight is 437 g/mol. The number of rotatable bonds is 6. The van der Waals surface area contributed by atoms with Gasteiger partial charge in [-0.25, -0.2) is 0 Å². The van der Waals surface area contributed by atoms with Gasteiger partial charge in [-0.3, -0.25) is 14.4 Å².